The maximum absolute atomic E-state index is 12.4. The van der Waals surface area contributed by atoms with Gasteiger partial charge in [-0.3, -0.25) is 18.5 Å². The van der Waals surface area contributed by atoms with E-state index < -0.39 is 11.2 Å². The summed E-state index contributed by atoms with van der Waals surface area (Å²) in [5, 5.41) is 0. The van der Waals surface area contributed by atoms with Crippen molar-refractivity contribution in [2.24, 2.45) is 21.1 Å². The average Bonchev–Trinajstić information content (AvgIpc) is 3.14. The van der Waals surface area contributed by atoms with Crippen molar-refractivity contribution in [3.8, 4) is 23.3 Å². The normalized spacial score (nSPS) is 11.0. The van der Waals surface area contributed by atoms with Gasteiger partial charge in [0.15, 0.2) is 11.2 Å². The van der Waals surface area contributed by atoms with Gasteiger partial charge in [0.05, 0.1) is 13.2 Å². The predicted molar refractivity (Wildman–Crippen MR) is 120 cm³/mol. The van der Waals surface area contributed by atoms with E-state index in [1.54, 1.807) is 18.7 Å². The van der Waals surface area contributed by atoms with E-state index in [2.05, 4.69) is 4.98 Å². The van der Waals surface area contributed by atoms with Gasteiger partial charge in [-0.15, -0.1) is 0 Å². The number of para-hydroxylation sites is 1. The lowest BCUT2D eigenvalue weighted by molar-refractivity contribution is 0.232. The fraction of sp³-hybridized carbons (Fsp3) is 0.261. The largest absolute Gasteiger partial charge is 0.493 e. The third kappa shape index (κ3) is 4.22. The van der Waals surface area contributed by atoms with Gasteiger partial charge in [-0.25, -0.2) is 4.79 Å². The van der Waals surface area contributed by atoms with Crippen LogP contribution in [0.1, 0.15) is 6.42 Å². The zero-order valence-corrected chi connectivity index (χ0v) is 18.1. The Morgan fingerprint density at radius 2 is 1.38 bits per heavy atom. The topological polar surface area (TPSA) is 89.5 Å². The molecule has 0 fully saturated rings. The lowest BCUT2D eigenvalue weighted by Crippen LogP contribution is -2.37. The number of ether oxygens (including phenoxy) is 3. The molecule has 2 aromatic carbocycles. The van der Waals surface area contributed by atoms with Crippen molar-refractivity contribution in [1.82, 2.24) is 18.7 Å². The van der Waals surface area contributed by atoms with Crippen molar-refractivity contribution in [3.63, 3.8) is 0 Å². The van der Waals surface area contributed by atoms with Gasteiger partial charge in [0, 0.05) is 27.6 Å². The Morgan fingerprint density at radius 3 is 2.09 bits per heavy atom. The summed E-state index contributed by atoms with van der Waals surface area (Å²) in [5.41, 5.74) is -0.222. The zero-order chi connectivity index (χ0) is 22.7. The summed E-state index contributed by atoms with van der Waals surface area (Å²) in [7, 11) is 4.70. The molecule has 0 unspecified atom stereocenters. The van der Waals surface area contributed by atoms with Gasteiger partial charge in [0.25, 0.3) is 11.6 Å². The SMILES string of the molecule is Cn1c(=O)c2c(nc(OCCCOc3ccc(Oc4ccccc4)cc3)n2C)n(C)c1=O. The van der Waals surface area contributed by atoms with Crippen LogP contribution in [0.2, 0.25) is 0 Å². The number of fused-ring (bicyclic) bond motifs is 1. The second kappa shape index (κ2) is 9.01. The molecular weight excluding hydrogens is 412 g/mol. The first-order valence-electron chi connectivity index (χ1n) is 10.2. The summed E-state index contributed by atoms with van der Waals surface area (Å²) in [6.07, 6.45) is 0.614. The van der Waals surface area contributed by atoms with Crippen LogP contribution in [0.3, 0.4) is 0 Å². The molecule has 32 heavy (non-hydrogen) atoms. The summed E-state index contributed by atoms with van der Waals surface area (Å²) in [4.78, 5) is 28.8. The monoisotopic (exact) mass is 436 g/mol. The second-order valence-corrected chi connectivity index (χ2v) is 7.27. The summed E-state index contributed by atoms with van der Waals surface area (Å²) >= 11 is 0. The van der Waals surface area contributed by atoms with Crippen LogP contribution >= 0.6 is 0 Å². The Morgan fingerprint density at radius 1 is 0.750 bits per heavy atom. The molecule has 4 aromatic rings. The van der Waals surface area contributed by atoms with Gasteiger partial charge < -0.3 is 14.2 Å². The van der Waals surface area contributed by atoms with E-state index in [-0.39, 0.29) is 6.01 Å². The van der Waals surface area contributed by atoms with Crippen molar-refractivity contribution in [3.05, 3.63) is 75.4 Å². The van der Waals surface area contributed by atoms with Crippen LogP contribution in [0.25, 0.3) is 11.2 Å². The fourth-order valence-electron chi connectivity index (χ4n) is 3.27. The number of rotatable bonds is 8. The molecule has 0 amide bonds. The molecule has 166 valence electrons. The van der Waals surface area contributed by atoms with Gasteiger partial charge in [0.2, 0.25) is 0 Å². The van der Waals surface area contributed by atoms with Crippen LogP contribution < -0.4 is 25.5 Å². The first kappa shape index (κ1) is 21.2. The molecule has 0 aliphatic carbocycles. The molecule has 4 rings (SSSR count). The average molecular weight is 436 g/mol. The minimum atomic E-state index is -0.430. The van der Waals surface area contributed by atoms with Crippen LogP contribution in [0.5, 0.6) is 23.3 Å². The zero-order valence-electron chi connectivity index (χ0n) is 18.1. The first-order valence-corrected chi connectivity index (χ1v) is 10.2. The minimum Gasteiger partial charge on any atom is -0.493 e. The van der Waals surface area contributed by atoms with E-state index in [9.17, 15) is 9.59 Å². The minimum absolute atomic E-state index is 0.278. The molecule has 0 aliphatic heterocycles. The molecule has 0 N–H and O–H groups in total. The third-order valence-corrected chi connectivity index (χ3v) is 5.03. The van der Waals surface area contributed by atoms with Crippen LogP contribution in [0.4, 0.5) is 0 Å². The smallest absolute Gasteiger partial charge is 0.332 e. The molecule has 0 saturated heterocycles. The number of aryl methyl sites for hydroxylation is 2. The number of hydrogen-bond donors (Lipinski definition) is 0. The van der Waals surface area contributed by atoms with E-state index >= 15 is 0 Å². The first-order chi connectivity index (χ1) is 15.5. The number of hydrogen-bond acceptors (Lipinski definition) is 6. The van der Waals surface area contributed by atoms with E-state index in [1.165, 1.54) is 11.6 Å². The Balaban J connectivity index is 1.30. The van der Waals surface area contributed by atoms with Gasteiger partial charge in [-0.05, 0) is 36.4 Å². The molecule has 2 aromatic heterocycles. The molecule has 9 heteroatoms. The molecule has 9 nitrogen and oxygen atoms in total. The lowest BCUT2D eigenvalue weighted by Gasteiger charge is -2.09. The van der Waals surface area contributed by atoms with Gasteiger partial charge >= 0.3 is 5.69 Å². The summed E-state index contributed by atoms with van der Waals surface area (Å²) < 4.78 is 21.2. The molecule has 0 saturated carbocycles. The molecule has 0 radical (unpaired) electrons. The van der Waals surface area contributed by atoms with Gasteiger partial charge in [-0.2, -0.15) is 4.98 Å². The maximum atomic E-state index is 12.4. The fourth-order valence-corrected chi connectivity index (χ4v) is 3.27. The predicted octanol–water partition coefficient (Wildman–Crippen LogP) is 2.61. The third-order valence-electron chi connectivity index (χ3n) is 5.03. The van der Waals surface area contributed by atoms with Crippen molar-refractivity contribution >= 4 is 11.2 Å². The van der Waals surface area contributed by atoms with Crippen LogP contribution in [0, 0.1) is 0 Å². The number of benzene rings is 2. The molecule has 0 atom stereocenters. The van der Waals surface area contributed by atoms with Crippen LogP contribution in [-0.4, -0.2) is 31.9 Å². The van der Waals surface area contributed by atoms with Crippen molar-refractivity contribution in [2.75, 3.05) is 13.2 Å². The maximum Gasteiger partial charge on any atom is 0.332 e. The quantitative estimate of drug-likeness (QED) is 0.395. The number of nitrogens with zero attached hydrogens (tertiary/aromatic N) is 4. The molecule has 0 spiro atoms. The molecule has 0 aliphatic rings. The molecular formula is C23H24N4O5. The van der Waals surface area contributed by atoms with Crippen LogP contribution in [0.15, 0.2) is 64.2 Å². The molecule has 2 heterocycles. The standard InChI is InChI=1S/C23H24N4O5/c1-25-19-20(26(2)23(29)27(3)21(19)28)24-22(25)31-15-7-14-30-16-10-12-18(13-11-16)32-17-8-5-4-6-9-17/h4-6,8-13H,7,14-15H2,1-3H3. The summed E-state index contributed by atoms with van der Waals surface area (Å²) in [6.45, 7) is 0.795. The van der Waals surface area contributed by atoms with E-state index in [0.717, 1.165) is 21.8 Å². The Kier molecular flexibility index (Phi) is 5.98. The highest BCUT2D eigenvalue weighted by atomic mass is 16.5. The number of aromatic nitrogens is 4. The van der Waals surface area contributed by atoms with Crippen molar-refractivity contribution < 1.29 is 14.2 Å². The highest BCUT2D eigenvalue weighted by molar-refractivity contribution is 5.71. The van der Waals surface area contributed by atoms with Gasteiger partial charge in [0.1, 0.15) is 17.2 Å². The highest BCUT2D eigenvalue weighted by Gasteiger charge is 2.17. The van der Waals surface area contributed by atoms with E-state index in [4.69, 9.17) is 14.2 Å². The summed E-state index contributed by atoms with van der Waals surface area (Å²) in [6, 6.07) is 17.2. The van der Waals surface area contributed by atoms with E-state index in [0.29, 0.717) is 30.8 Å². The lowest BCUT2D eigenvalue weighted by atomic mass is 10.3. The van der Waals surface area contributed by atoms with Gasteiger partial charge in [-0.1, -0.05) is 18.2 Å². The van der Waals surface area contributed by atoms with E-state index in [1.807, 2.05) is 54.6 Å². The Hall–Kier alpha value is -4.01. The highest BCUT2D eigenvalue weighted by Crippen LogP contribution is 2.23. The second-order valence-electron chi connectivity index (χ2n) is 7.27. The van der Waals surface area contributed by atoms with Crippen molar-refractivity contribution in [2.45, 2.75) is 6.42 Å². The number of imidazole rings is 1. The summed E-state index contributed by atoms with van der Waals surface area (Å²) in [5.74, 6) is 2.24. The Bertz CT molecular complexity index is 1340. The van der Waals surface area contributed by atoms with Crippen LogP contribution in [-0.2, 0) is 21.1 Å². The Labute approximate surface area is 184 Å². The van der Waals surface area contributed by atoms with Crippen molar-refractivity contribution in [1.29, 1.82) is 0 Å². The molecule has 0 bridgehead atoms.